The molecule has 2 rings (SSSR count). The molecule has 94 valence electrons. The van der Waals surface area contributed by atoms with E-state index in [4.69, 9.17) is 4.74 Å². The second-order valence-electron chi connectivity index (χ2n) is 3.48. The minimum absolute atomic E-state index is 0.612. The van der Waals surface area contributed by atoms with Crippen LogP contribution < -0.4 is 10.1 Å². The molecule has 0 atom stereocenters. The summed E-state index contributed by atoms with van der Waals surface area (Å²) in [6.07, 6.45) is 1.72. The maximum Gasteiger partial charge on any atom is 0.165 e. The number of halogens is 2. The van der Waals surface area contributed by atoms with Crippen LogP contribution in [0, 0.1) is 0 Å². The molecule has 0 spiro atoms. The van der Waals surface area contributed by atoms with Gasteiger partial charge in [-0.25, -0.2) is 9.97 Å². The largest absolute Gasteiger partial charge is 0.496 e. The van der Waals surface area contributed by atoms with Crippen molar-refractivity contribution >= 4 is 37.7 Å². The van der Waals surface area contributed by atoms with Crippen molar-refractivity contribution in [2.75, 3.05) is 19.5 Å². The number of anilines is 1. The Morgan fingerprint density at radius 3 is 2.72 bits per heavy atom. The average Bonchev–Trinajstić information content (AvgIpc) is 2.39. The minimum Gasteiger partial charge on any atom is -0.496 e. The lowest BCUT2D eigenvalue weighted by molar-refractivity contribution is 0.416. The van der Waals surface area contributed by atoms with E-state index in [-0.39, 0.29) is 0 Å². The van der Waals surface area contributed by atoms with E-state index in [0.29, 0.717) is 5.82 Å². The van der Waals surface area contributed by atoms with Crippen LogP contribution in [-0.2, 0) is 0 Å². The third kappa shape index (κ3) is 2.64. The number of nitrogens with zero attached hydrogens (tertiary/aromatic N) is 2. The highest BCUT2D eigenvalue weighted by Crippen LogP contribution is 2.32. The minimum atomic E-state index is 0.612. The molecular weight excluding hydrogens is 362 g/mol. The number of nitrogens with one attached hydrogen (secondary N) is 1. The predicted octanol–water partition coefficient (Wildman–Crippen LogP) is 3.72. The van der Waals surface area contributed by atoms with Gasteiger partial charge >= 0.3 is 0 Å². The summed E-state index contributed by atoms with van der Waals surface area (Å²) in [5, 5.41) is 3.01. The molecule has 0 aliphatic heterocycles. The molecule has 18 heavy (non-hydrogen) atoms. The lowest BCUT2D eigenvalue weighted by Crippen LogP contribution is -1.99. The number of rotatable bonds is 3. The fourth-order valence-corrected chi connectivity index (χ4v) is 2.28. The van der Waals surface area contributed by atoms with Gasteiger partial charge in [-0.15, -0.1) is 0 Å². The third-order valence-electron chi connectivity index (χ3n) is 2.38. The maximum absolute atomic E-state index is 5.33. The molecule has 0 bridgehead atoms. The van der Waals surface area contributed by atoms with Crippen LogP contribution in [0.1, 0.15) is 0 Å². The van der Waals surface area contributed by atoms with Gasteiger partial charge in [0.25, 0.3) is 0 Å². The van der Waals surface area contributed by atoms with E-state index in [9.17, 15) is 0 Å². The topological polar surface area (TPSA) is 47.0 Å². The molecule has 0 saturated carbocycles. The first-order chi connectivity index (χ1) is 8.65. The first kappa shape index (κ1) is 13.3. The standard InChI is InChI=1S/C12H11Br2N3O/c1-15-12-9(14)6-16-11(17-12)8-5-7(13)3-4-10(8)18-2/h3-6H,1-2H3,(H,15,16,17). The van der Waals surface area contributed by atoms with E-state index < -0.39 is 0 Å². The van der Waals surface area contributed by atoms with Crippen molar-refractivity contribution in [3.63, 3.8) is 0 Å². The van der Waals surface area contributed by atoms with Gasteiger partial charge in [0, 0.05) is 17.7 Å². The first-order valence-electron chi connectivity index (χ1n) is 5.20. The number of methoxy groups -OCH3 is 1. The number of hydrogen-bond acceptors (Lipinski definition) is 4. The average molecular weight is 373 g/mol. The molecule has 0 fully saturated rings. The van der Waals surface area contributed by atoms with Gasteiger partial charge in [0.05, 0.1) is 17.1 Å². The van der Waals surface area contributed by atoms with Crippen LogP contribution in [0.25, 0.3) is 11.4 Å². The van der Waals surface area contributed by atoms with Crippen LogP contribution in [0.2, 0.25) is 0 Å². The molecule has 0 aliphatic rings. The van der Waals surface area contributed by atoms with E-state index in [0.717, 1.165) is 26.1 Å². The van der Waals surface area contributed by atoms with E-state index in [2.05, 4.69) is 47.1 Å². The van der Waals surface area contributed by atoms with Gasteiger partial charge in [0.2, 0.25) is 0 Å². The SMILES string of the molecule is CNc1nc(-c2cc(Br)ccc2OC)ncc1Br. The van der Waals surface area contributed by atoms with Crippen LogP contribution in [-0.4, -0.2) is 24.1 Å². The van der Waals surface area contributed by atoms with Gasteiger partial charge in [-0.3, -0.25) is 0 Å². The van der Waals surface area contributed by atoms with Gasteiger partial charge in [-0.2, -0.15) is 0 Å². The Hall–Kier alpha value is -1.14. The fourth-order valence-electron chi connectivity index (χ4n) is 1.53. The highest BCUT2D eigenvalue weighted by Gasteiger charge is 2.11. The van der Waals surface area contributed by atoms with E-state index in [1.807, 2.05) is 25.2 Å². The summed E-state index contributed by atoms with van der Waals surface area (Å²) in [4.78, 5) is 8.75. The summed E-state index contributed by atoms with van der Waals surface area (Å²) in [7, 11) is 3.44. The number of hydrogen-bond donors (Lipinski definition) is 1. The van der Waals surface area contributed by atoms with Gasteiger partial charge in [0.1, 0.15) is 11.6 Å². The molecule has 1 heterocycles. The monoisotopic (exact) mass is 371 g/mol. The number of benzene rings is 1. The van der Waals surface area contributed by atoms with Gasteiger partial charge in [-0.05, 0) is 34.1 Å². The number of aromatic nitrogens is 2. The lowest BCUT2D eigenvalue weighted by atomic mass is 10.2. The molecule has 1 N–H and O–H groups in total. The highest BCUT2D eigenvalue weighted by atomic mass is 79.9. The highest BCUT2D eigenvalue weighted by molar-refractivity contribution is 9.10. The summed E-state index contributed by atoms with van der Waals surface area (Å²) < 4.78 is 7.10. The van der Waals surface area contributed by atoms with E-state index in [1.54, 1.807) is 13.3 Å². The smallest absolute Gasteiger partial charge is 0.165 e. The molecule has 1 aromatic heterocycles. The van der Waals surface area contributed by atoms with Gasteiger partial charge in [0.15, 0.2) is 5.82 Å². The molecule has 0 unspecified atom stereocenters. The Labute approximate surface area is 122 Å². The van der Waals surface area contributed by atoms with E-state index in [1.165, 1.54) is 0 Å². The molecule has 0 aliphatic carbocycles. The number of ether oxygens (including phenoxy) is 1. The van der Waals surface area contributed by atoms with Crippen molar-refractivity contribution in [1.29, 1.82) is 0 Å². The summed E-state index contributed by atoms with van der Waals surface area (Å²) in [5.74, 6) is 2.09. The van der Waals surface area contributed by atoms with E-state index >= 15 is 0 Å². The molecule has 0 radical (unpaired) electrons. The Morgan fingerprint density at radius 1 is 1.28 bits per heavy atom. The van der Waals surface area contributed by atoms with Gasteiger partial charge in [-0.1, -0.05) is 15.9 Å². The summed E-state index contributed by atoms with van der Waals surface area (Å²) in [6.45, 7) is 0. The molecule has 4 nitrogen and oxygen atoms in total. The van der Waals surface area contributed by atoms with Crippen LogP contribution in [0.4, 0.5) is 5.82 Å². The molecular formula is C12H11Br2N3O. The molecule has 6 heteroatoms. The fraction of sp³-hybridized carbons (Fsp3) is 0.167. The normalized spacial score (nSPS) is 10.2. The summed E-state index contributed by atoms with van der Waals surface area (Å²) in [6, 6.07) is 5.73. The lowest BCUT2D eigenvalue weighted by Gasteiger charge is -2.09. The second-order valence-corrected chi connectivity index (χ2v) is 5.25. The van der Waals surface area contributed by atoms with Crippen LogP contribution in [0.3, 0.4) is 0 Å². The van der Waals surface area contributed by atoms with Crippen molar-refractivity contribution in [3.8, 4) is 17.1 Å². The van der Waals surface area contributed by atoms with Crippen LogP contribution >= 0.6 is 31.9 Å². The zero-order chi connectivity index (χ0) is 13.1. The molecule has 2 aromatic rings. The first-order valence-corrected chi connectivity index (χ1v) is 6.78. The third-order valence-corrected chi connectivity index (χ3v) is 3.46. The Morgan fingerprint density at radius 2 is 2.06 bits per heavy atom. The van der Waals surface area contributed by atoms with Crippen molar-refractivity contribution < 1.29 is 4.74 Å². The quantitative estimate of drug-likeness (QED) is 0.891. The predicted molar refractivity (Wildman–Crippen MR) is 79.0 cm³/mol. The summed E-state index contributed by atoms with van der Waals surface area (Å²) in [5.41, 5.74) is 0.843. The van der Waals surface area contributed by atoms with Crippen LogP contribution in [0.5, 0.6) is 5.75 Å². The molecule has 1 aromatic carbocycles. The molecule has 0 saturated heterocycles. The maximum atomic E-state index is 5.33. The Balaban J connectivity index is 2.57. The van der Waals surface area contributed by atoms with Crippen molar-refractivity contribution in [1.82, 2.24) is 9.97 Å². The molecule has 0 amide bonds. The second kappa shape index (κ2) is 5.67. The van der Waals surface area contributed by atoms with Crippen molar-refractivity contribution in [2.24, 2.45) is 0 Å². The van der Waals surface area contributed by atoms with Crippen molar-refractivity contribution in [2.45, 2.75) is 0 Å². The zero-order valence-electron chi connectivity index (χ0n) is 9.87. The van der Waals surface area contributed by atoms with Crippen LogP contribution in [0.15, 0.2) is 33.3 Å². The summed E-state index contributed by atoms with van der Waals surface area (Å²) >= 11 is 6.82. The Kier molecular flexibility index (Phi) is 4.19. The Bertz CT molecular complexity index is 575. The van der Waals surface area contributed by atoms with Gasteiger partial charge < -0.3 is 10.1 Å². The van der Waals surface area contributed by atoms with Crippen molar-refractivity contribution in [3.05, 3.63) is 33.3 Å². The zero-order valence-corrected chi connectivity index (χ0v) is 13.0.